The highest BCUT2D eigenvalue weighted by Gasteiger charge is 2.36. The summed E-state index contributed by atoms with van der Waals surface area (Å²) in [5.41, 5.74) is 2.26. The van der Waals surface area contributed by atoms with E-state index in [1.807, 2.05) is 4.90 Å². The lowest BCUT2D eigenvalue weighted by Gasteiger charge is -2.43. The Labute approximate surface area is 140 Å². The van der Waals surface area contributed by atoms with Crippen LogP contribution in [0.15, 0.2) is 24.3 Å². The van der Waals surface area contributed by atoms with Crippen LogP contribution >= 0.6 is 0 Å². The second-order valence-corrected chi connectivity index (χ2v) is 7.35. The first-order valence-corrected chi connectivity index (χ1v) is 8.67. The summed E-state index contributed by atoms with van der Waals surface area (Å²) in [6, 6.07) is 8.20. The number of hydrogen-bond acceptors (Lipinski definition) is 3. The Kier molecular flexibility index (Phi) is 5.82. The smallest absolute Gasteiger partial charge is 0.244 e. The molecule has 2 rings (SSSR count). The summed E-state index contributed by atoms with van der Waals surface area (Å²) in [5.74, 6) is 0.229. The third kappa shape index (κ3) is 4.33. The Hall–Kier alpha value is -1.39. The van der Waals surface area contributed by atoms with E-state index in [0.29, 0.717) is 0 Å². The highest BCUT2D eigenvalue weighted by molar-refractivity contribution is 5.83. The summed E-state index contributed by atoms with van der Waals surface area (Å²) in [7, 11) is 0. The zero-order valence-electron chi connectivity index (χ0n) is 15.2. The minimum atomic E-state index is -0.210. The average Bonchev–Trinajstić information content (AvgIpc) is 2.52. The van der Waals surface area contributed by atoms with Crippen LogP contribution in [-0.4, -0.2) is 54.0 Å². The van der Waals surface area contributed by atoms with Crippen molar-refractivity contribution < 1.29 is 4.79 Å². The van der Waals surface area contributed by atoms with Gasteiger partial charge in [0.25, 0.3) is 0 Å². The van der Waals surface area contributed by atoms with Gasteiger partial charge in [-0.1, -0.05) is 36.8 Å². The van der Waals surface area contributed by atoms with Gasteiger partial charge in [0.1, 0.15) is 6.04 Å². The molecule has 1 aliphatic rings. The number of likely N-dealkylation sites (N-methyl/N-ethyl adjacent to an activating group) is 1. The van der Waals surface area contributed by atoms with Crippen LogP contribution in [0.5, 0.6) is 0 Å². The Balaban J connectivity index is 2.37. The summed E-state index contributed by atoms with van der Waals surface area (Å²) in [5, 5.41) is 3.32. The lowest BCUT2D eigenvalue weighted by molar-refractivity contribution is -0.140. The molecule has 0 saturated carbocycles. The van der Waals surface area contributed by atoms with Crippen LogP contribution in [0.25, 0.3) is 0 Å². The van der Waals surface area contributed by atoms with Gasteiger partial charge in [-0.25, -0.2) is 0 Å². The van der Waals surface area contributed by atoms with E-state index in [1.54, 1.807) is 0 Å². The van der Waals surface area contributed by atoms with Crippen molar-refractivity contribution in [2.24, 2.45) is 0 Å². The molecule has 1 saturated heterocycles. The van der Waals surface area contributed by atoms with Crippen LogP contribution in [0, 0.1) is 6.92 Å². The van der Waals surface area contributed by atoms with E-state index in [1.165, 1.54) is 5.56 Å². The normalized spacial score (nSPS) is 17.4. The molecule has 1 amide bonds. The zero-order valence-corrected chi connectivity index (χ0v) is 15.2. The molecular weight excluding hydrogens is 286 g/mol. The molecule has 23 heavy (non-hydrogen) atoms. The van der Waals surface area contributed by atoms with Crippen LogP contribution in [-0.2, 0) is 4.79 Å². The van der Waals surface area contributed by atoms with Gasteiger partial charge in [0.2, 0.25) is 5.91 Å². The first-order chi connectivity index (χ1) is 10.8. The van der Waals surface area contributed by atoms with E-state index >= 15 is 0 Å². The maximum atomic E-state index is 13.3. The molecule has 1 fully saturated rings. The number of carbonyl (C=O) groups excluding carboxylic acids is 1. The number of hydrogen-bond donors (Lipinski definition) is 1. The molecule has 0 spiro atoms. The highest BCUT2D eigenvalue weighted by Crippen LogP contribution is 2.30. The molecule has 1 N–H and O–H groups in total. The van der Waals surface area contributed by atoms with Gasteiger partial charge in [-0.3, -0.25) is 9.69 Å². The van der Waals surface area contributed by atoms with Crippen molar-refractivity contribution in [2.75, 3.05) is 32.7 Å². The van der Waals surface area contributed by atoms with Crippen molar-refractivity contribution in [3.8, 4) is 0 Å². The van der Waals surface area contributed by atoms with E-state index in [9.17, 15) is 4.79 Å². The van der Waals surface area contributed by atoms with Gasteiger partial charge >= 0.3 is 0 Å². The quantitative estimate of drug-likeness (QED) is 0.927. The Bertz CT molecular complexity index is 512. The third-order valence-corrected chi connectivity index (χ3v) is 4.57. The minimum Gasteiger partial charge on any atom is -0.338 e. The van der Waals surface area contributed by atoms with E-state index in [4.69, 9.17) is 0 Å². The molecule has 1 aliphatic heterocycles. The molecular formula is C19H31N3O. The number of amides is 1. The molecule has 0 aliphatic carbocycles. The second-order valence-electron chi connectivity index (χ2n) is 7.35. The number of nitrogens with zero attached hydrogens (tertiary/aromatic N) is 2. The SMILES string of the molecule is CCN(C(C(=O)N1CCNCC1)c1ccc(C)cc1)C(C)(C)C. The third-order valence-electron chi connectivity index (χ3n) is 4.57. The van der Waals surface area contributed by atoms with Gasteiger partial charge in [-0.05, 0) is 39.8 Å². The Morgan fingerprint density at radius 1 is 1.22 bits per heavy atom. The zero-order chi connectivity index (χ0) is 17.0. The lowest BCUT2D eigenvalue weighted by atomic mass is 9.96. The van der Waals surface area contributed by atoms with Crippen molar-refractivity contribution in [1.29, 1.82) is 0 Å². The molecule has 0 aromatic heterocycles. The monoisotopic (exact) mass is 317 g/mol. The standard InChI is InChI=1S/C19H31N3O/c1-6-22(19(3,4)5)17(16-9-7-15(2)8-10-16)18(23)21-13-11-20-12-14-21/h7-10,17,20H,6,11-14H2,1-5H3. The summed E-state index contributed by atoms with van der Waals surface area (Å²) in [4.78, 5) is 17.6. The van der Waals surface area contributed by atoms with Gasteiger partial charge in [-0.15, -0.1) is 0 Å². The average molecular weight is 317 g/mol. The fourth-order valence-corrected chi connectivity index (χ4v) is 3.31. The van der Waals surface area contributed by atoms with E-state index in [-0.39, 0.29) is 17.5 Å². The van der Waals surface area contributed by atoms with E-state index < -0.39 is 0 Å². The van der Waals surface area contributed by atoms with Crippen molar-refractivity contribution in [1.82, 2.24) is 15.1 Å². The molecule has 1 aromatic rings. The molecule has 4 nitrogen and oxygen atoms in total. The number of rotatable bonds is 4. The number of piperazine rings is 1. The fraction of sp³-hybridized carbons (Fsp3) is 0.632. The van der Waals surface area contributed by atoms with Crippen LogP contribution in [0.3, 0.4) is 0 Å². The summed E-state index contributed by atoms with van der Waals surface area (Å²) in [6.45, 7) is 15.0. The van der Waals surface area contributed by atoms with Crippen LogP contribution < -0.4 is 5.32 Å². The number of carbonyl (C=O) groups is 1. The van der Waals surface area contributed by atoms with E-state index in [2.05, 4.69) is 69.1 Å². The first kappa shape index (κ1) is 18.0. The molecule has 1 atom stereocenters. The first-order valence-electron chi connectivity index (χ1n) is 8.67. The van der Waals surface area contributed by atoms with Crippen molar-refractivity contribution in [3.05, 3.63) is 35.4 Å². The van der Waals surface area contributed by atoms with Crippen molar-refractivity contribution in [3.63, 3.8) is 0 Å². The molecule has 1 aromatic carbocycles. The number of benzene rings is 1. The van der Waals surface area contributed by atoms with E-state index in [0.717, 1.165) is 38.3 Å². The minimum absolute atomic E-state index is 0.0615. The van der Waals surface area contributed by atoms with Gasteiger partial charge < -0.3 is 10.2 Å². The molecule has 4 heteroatoms. The predicted octanol–water partition coefficient (Wildman–Crippen LogP) is 2.59. The van der Waals surface area contributed by atoms with Gasteiger partial charge in [0.15, 0.2) is 0 Å². The Morgan fingerprint density at radius 2 is 1.78 bits per heavy atom. The molecule has 0 radical (unpaired) electrons. The summed E-state index contributed by atoms with van der Waals surface area (Å²) in [6.07, 6.45) is 0. The van der Waals surface area contributed by atoms with Crippen LogP contribution in [0.1, 0.15) is 44.9 Å². The summed E-state index contributed by atoms with van der Waals surface area (Å²) >= 11 is 0. The lowest BCUT2D eigenvalue weighted by Crippen LogP contribution is -2.54. The molecule has 1 unspecified atom stereocenters. The predicted molar refractivity (Wildman–Crippen MR) is 95.5 cm³/mol. The van der Waals surface area contributed by atoms with Gasteiger partial charge in [-0.2, -0.15) is 0 Å². The molecule has 128 valence electrons. The molecule has 0 bridgehead atoms. The topological polar surface area (TPSA) is 35.6 Å². The number of aryl methyl sites for hydroxylation is 1. The van der Waals surface area contributed by atoms with Crippen LogP contribution in [0.2, 0.25) is 0 Å². The van der Waals surface area contributed by atoms with Crippen LogP contribution in [0.4, 0.5) is 0 Å². The van der Waals surface area contributed by atoms with Gasteiger partial charge in [0.05, 0.1) is 0 Å². The van der Waals surface area contributed by atoms with Crippen molar-refractivity contribution >= 4 is 5.91 Å². The summed E-state index contributed by atoms with van der Waals surface area (Å²) < 4.78 is 0. The Morgan fingerprint density at radius 3 is 2.26 bits per heavy atom. The highest BCUT2D eigenvalue weighted by atomic mass is 16.2. The molecule has 1 heterocycles. The fourth-order valence-electron chi connectivity index (χ4n) is 3.31. The second kappa shape index (κ2) is 7.45. The van der Waals surface area contributed by atoms with Gasteiger partial charge in [0, 0.05) is 31.7 Å². The number of nitrogens with one attached hydrogen (secondary N) is 1. The maximum Gasteiger partial charge on any atom is 0.244 e. The largest absolute Gasteiger partial charge is 0.338 e. The van der Waals surface area contributed by atoms with Crippen molar-refractivity contribution in [2.45, 2.75) is 46.2 Å². The maximum absolute atomic E-state index is 13.3.